The molecule has 0 radical (unpaired) electrons. The van der Waals surface area contributed by atoms with Crippen molar-refractivity contribution in [1.29, 1.82) is 0 Å². The fraction of sp³-hybridized carbons (Fsp3) is 0.500. The van der Waals surface area contributed by atoms with Crippen LogP contribution in [0.25, 0.3) is 27.8 Å². The Morgan fingerprint density at radius 2 is 2.00 bits per heavy atom. The summed E-state index contributed by atoms with van der Waals surface area (Å²) in [4.78, 5) is 9.57. The monoisotopic (exact) mass is 483 g/mol. The van der Waals surface area contributed by atoms with E-state index in [1.165, 1.54) is 6.20 Å². The Labute approximate surface area is 199 Å². The molecule has 1 aliphatic heterocycles. The highest BCUT2D eigenvalue weighted by molar-refractivity contribution is 5.82. The van der Waals surface area contributed by atoms with E-state index in [0.29, 0.717) is 44.7 Å². The molecule has 1 spiro atoms. The van der Waals surface area contributed by atoms with Crippen molar-refractivity contribution in [2.45, 2.75) is 63.8 Å². The summed E-state index contributed by atoms with van der Waals surface area (Å²) in [6.07, 6.45) is 6.80. The first-order valence-corrected chi connectivity index (χ1v) is 11.9. The van der Waals surface area contributed by atoms with Crippen LogP contribution in [0.15, 0.2) is 30.6 Å². The van der Waals surface area contributed by atoms with Crippen LogP contribution in [-0.4, -0.2) is 53.4 Å². The van der Waals surface area contributed by atoms with Gasteiger partial charge in [-0.2, -0.15) is 19.0 Å². The lowest BCUT2D eigenvalue weighted by molar-refractivity contribution is 0.0615. The van der Waals surface area contributed by atoms with Crippen molar-refractivity contribution in [3.8, 4) is 5.69 Å². The first kappa shape index (κ1) is 22.4. The first-order chi connectivity index (χ1) is 16.9. The predicted molar refractivity (Wildman–Crippen MR) is 124 cm³/mol. The summed E-state index contributed by atoms with van der Waals surface area (Å²) >= 11 is 0. The highest BCUT2D eigenvalue weighted by Crippen LogP contribution is 2.48. The maximum Gasteiger partial charge on any atom is 0.333 e. The zero-order valence-corrected chi connectivity index (χ0v) is 19.3. The van der Waals surface area contributed by atoms with E-state index >= 15 is 0 Å². The molecule has 6 rings (SSSR count). The third-order valence-electron chi connectivity index (χ3n) is 7.88. The van der Waals surface area contributed by atoms with Crippen LogP contribution in [0.1, 0.15) is 56.5 Å². The molecule has 4 aromatic rings. The van der Waals surface area contributed by atoms with E-state index in [9.17, 15) is 13.9 Å². The molecule has 1 saturated heterocycles. The van der Waals surface area contributed by atoms with Crippen LogP contribution in [0.2, 0.25) is 0 Å². The maximum absolute atomic E-state index is 13.3. The third-order valence-corrected chi connectivity index (χ3v) is 7.88. The number of hydrogen-bond donors (Lipinski definition) is 2. The molecular weight excluding hydrogens is 456 g/mol. The van der Waals surface area contributed by atoms with Crippen LogP contribution >= 0.6 is 0 Å². The molecular formula is C24H27F2N7O2. The molecule has 3 N–H and O–H groups in total. The summed E-state index contributed by atoms with van der Waals surface area (Å²) in [6, 6.07) is 5.12. The van der Waals surface area contributed by atoms with Crippen molar-refractivity contribution in [2.75, 3.05) is 6.61 Å². The number of ether oxygens (including phenoxy) is 1. The standard InChI is InChI=1S/C24H27F2N7O2/c1-13-21(27)24(12-35-13)6-4-14(5-7-24)20-18(11-34)31-22-17(30-20)10-29-32(22)16-3-2-15-9-28-33(23(25)26)19(15)8-16/h2-3,8-10,13-14,21,23,34H,4-7,11-12,27H2,1H3/t13-,14?,21+,24?/m0/s1. The van der Waals surface area contributed by atoms with E-state index in [1.54, 1.807) is 29.1 Å². The molecule has 4 heterocycles. The Bertz CT molecular complexity index is 1390. The topological polar surface area (TPSA) is 117 Å². The fourth-order valence-electron chi connectivity index (χ4n) is 5.78. The smallest absolute Gasteiger partial charge is 0.333 e. The fourth-order valence-corrected chi connectivity index (χ4v) is 5.78. The van der Waals surface area contributed by atoms with Gasteiger partial charge in [0, 0.05) is 22.8 Å². The average molecular weight is 484 g/mol. The van der Waals surface area contributed by atoms with Gasteiger partial charge >= 0.3 is 6.55 Å². The van der Waals surface area contributed by atoms with Gasteiger partial charge < -0.3 is 15.6 Å². The Morgan fingerprint density at radius 3 is 2.69 bits per heavy atom. The van der Waals surface area contributed by atoms with E-state index in [4.69, 9.17) is 20.4 Å². The lowest BCUT2D eigenvalue weighted by Gasteiger charge is -2.39. The normalized spacial score (nSPS) is 27.1. The number of aliphatic hydroxyl groups is 1. The predicted octanol–water partition coefficient (Wildman–Crippen LogP) is 3.44. The summed E-state index contributed by atoms with van der Waals surface area (Å²) in [5, 5.41) is 18.9. The van der Waals surface area contributed by atoms with Crippen LogP contribution in [0.5, 0.6) is 0 Å². The quantitative estimate of drug-likeness (QED) is 0.457. The van der Waals surface area contributed by atoms with Gasteiger partial charge in [0.25, 0.3) is 0 Å². The number of halogens is 2. The van der Waals surface area contributed by atoms with Gasteiger partial charge in [0.1, 0.15) is 5.52 Å². The van der Waals surface area contributed by atoms with E-state index in [-0.39, 0.29) is 30.1 Å². The van der Waals surface area contributed by atoms with Gasteiger partial charge in [-0.3, -0.25) is 0 Å². The molecule has 1 aromatic carbocycles. The molecule has 2 aliphatic rings. The molecule has 2 fully saturated rings. The van der Waals surface area contributed by atoms with Crippen molar-refractivity contribution in [1.82, 2.24) is 29.5 Å². The van der Waals surface area contributed by atoms with Crippen LogP contribution < -0.4 is 5.73 Å². The van der Waals surface area contributed by atoms with Gasteiger partial charge in [0.2, 0.25) is 0 Å². The summed E-state index contributed by atoms with van der Waals surface area (Å²) < 4.78 is 34.7. The van der Waals surface area contributed by atoms with Gasteiger partial charge in [-0.25, -0.2) is 19.3 Å². The molecule has 0 bridgehead atoms. The van der Waals surface area contributed by atoms with Crippen molar-refractivity contribution >= 4 is 22.1 Å². The van der Waals surface area contributed by atoms with Gasteiger partial charge in [-0.1, -0.05) is 0 Å². The number of fused-ring (bicyclic) bond motifs is 2. The summed E-state index contributed by atoms with van der Waals surface area (Å²) in [5.41, 5.74) is 9.70. The number of hydrogen-bond acceptors (Lipinski definition) is 7. The Kier molecular flexibility index (Phi) is 5.31. The van der Waals surface area contributed by atoms with Crippen molar-refractivity contribution in [2.24, 2.45) is 11.1 Å². The zero-order valence-electron chi connectivity index (χ0n) is 19.3. The minimum Gasteiger partial charge on any atom is -0.390 e. The Morgan fingerprint density at radius 1 is 1.20 bits per heavy atom. The first-order valence-electron chi connectivity index (χ1n) is 11.9. The lowest BCUT2D eigenvalue weighted by atomic mass is 9.66. The second-order valence-corrected chi connectivity index (χ2v) is 9.77. The molecule has 2 atom stereocenters. The summed E-state index contributed by atoms with van der Waals surface area (Å²) in [7, 11) is 0. The van der Waals surface area contributed by atoms with Gasteiger partial charge in [-0.15, -0.1) is 0 Å². The van der Waals surface area contributed by atoms with Crippen LogP contribution in [0.4, 0.5) is 8.78 Å². The maximum atomic E-state index is 13.3. The van der Waals surface area contributed by atoms with Gasteiger partial charge in [0.05, 0.1) is 54.3 Å². The van der Waals surface area contributed by atoms with Crippen molar-refractivity contribution in [3.63, 3.8) is 0 Å². The number of rotatable bonds is 4. The molecule has 184 valence electrons. The summed E-state index contributed by atoms with van der Waals surface area (Å²) in [6.45, 7) is -0.266. The number of alkyl halides is 2. The minimum atomic E-state index is -2.75. The number of benzene rings is 1. The van der Waals surface area contributed by atoms with Gasteiger partial charge in [0.15, 0.2) is 5.65 Å². The number of nitrogens with zero attached hydrogens (tertiary/aromatic N) is 6. The van der Waals surface area contributed by atoms with E-state index in [1.807, 2.05) is 6.92 Å². The van der Waals surface area contributed by atoms with E-state index < -0.39 is 6.55 Å². The van der Waals surface area contributed by atoms with Crippen LogP contribution in [-0.2, 0) is 11.3 Å². The minimum absolute atomic E-state index is 0.0150. The Hall–Kier alpha value is -3.02. The van der Waals surface area contributed by atoms with Crippen molar-refractivity contribution in [3.05, 3.63) is 42.0 Å². The number of nitrogens with two attached hydrogens (primary N) is 1. The molecule has 0 amide bonds. The molecule has 3 aromatic heterocycles. The Balaban J connectivity index is 1.34. The van der Waals surface area contributed by atoms with E-state index in [0.717, 1.165) is 31.4 Å². The van der Waals surface area contributed by atoms with E-state index in [2.05, 4.69) is 10.2 Å². The lowest BCUT2D eigenvalue weighted by Crippen LogP contribution is -2.45. The molecule has 1 aliphatic carbocycles. The highest BCUT2D eigenvalue weighted by Gasteiger charge is 2.48. The second-order valence-electron chi connectivity index (χ2n) is 9.77. The van der Waals surface area contributed by atoms with Crippen LogP contribution in [0.3, 0.4) is 0 Å². The molecule has 0 unspecified atom stereocenters. The largest absolute Gasteiger partial charge is 0.390 e. The summed E-state index contributed by atoms with van der Waals surface area (Å²) in [5.74, 6) is 0.169. The highest BCUT2D eigenvalue weighted by atomic mass is 19.3. The molecule has 11 heteroatoms. The zero-order chi connectivity index (χ0) is 24.3. The SMILES string of the molecule is C[C@@H]1OCC2(CCC(c3nc4cnn(-c5ccc6cnn(C(F)F)c6c5)c4nc3CO)CC2)[C@@H]1N. The second kappa shape index (κ2) is 8.28. The third kappa shape index (κ3) is 3.52. The van der Waals surface area contributed by atoms with Crippen LogP contribution in [0, 0.1) is 5.41 Å². The molecule has 9 nitrogen and oxygen atoms in total. The molecule has 1 saturated carbocycles. The molecule has 35 heavy (non-hydrogen) atoms. The number of aromatic nitrogens is 6. The average Bonchev–Trinajstić information content (AvgIpc) is 3.56. The van der Waals surface area contributed by atoms with Crippen molar-refractivity contribution < 1.29 is 18.6 Å². The van der Waals surface area contributed by atoms with Gasteiger partial charge in [-0.05, 0) is 50.8 Å². The number of aliphatic hydroxyl groups excluding tert-OH is 1.